The van der Waals surface area contributed by atoms with E-state index in [4.69, 9.17) is 11.6 Å². The summed E-state index contributed by atoms with van der Waals surface area (Å²) in [6.45, 7) is 7.93. The van der Waals surface area contributed by atoms with E-state index in [1.54, 1.807) is 6.07 Å². The average molecular weight is 319 g/mol. The Balaban J connectivity index is 2.25. The number of halogens is 1. The van der Waals surface area contributed by atoms with Gasteiger partial charge in [-0.1, -0.05) is 38.3 Å². The maximum Gasteiger partial charge on any atom is 0.253 e. The largest absolute Gasteiger partial charge is 0.339 e. The second kappa shape index (κ2) is 7.59. The fourth-order valence-electron chi connectivity index (χ4n) is 2.63. The quantitative estimate of drug-likeness (QED) is 0.718. The smallest absolute Gasteiger partial charge is 0.253 e. The van der Waals surface area contributed by atoms with E-state index in [9.17, 15) is 4.79 Å². The van der Waals surface area contributed by atoms with Gasteiger partial charge in [0.05, 0.1) is 5.52 Å². The number of pyridine rings is 1. The lowest BCUT2D eigenvalue weighted by molar-refractivity contribution is 0.0735. The number of hydrogen-bond acceptors (Lipinski definition) is 2. The van der Waals surface area contributed by atoms with E-state index in [1.165, 1.54) is 0 Å². The summed E-state index contributed by atoms with van der Waals surface area (Å²) >= 11 is 5.90. The van der Waals surface area contributed by atoms with Crippen LogP contribution in [0.5, 0.6) is 0 Å². The third kappa shape index (κ3) is 3.77. The molecule has 0 N–H and O–H groups in total. The van der Waals surface area contributed by atoms with Crippen LogP contribution in [0.1, 0.15) is 44.0 Å². The number of carbonyl (C=O) groups excluding carboxylic acids is 1. The van der Waals surface area contributed by atoms with Gasteiger partial charge in [0.2, 0.25) is 0 Å². The van der Waals surface area contributed by atoms with Crippen LogP contribution in [0.3, 0.4) is 0 Å². The van der Waals surface area contributed by atoms with E-state index >= 15 is 0 Å². The van der Waals surface area contributed by atoms with Gasteiger partial charge in [-0.05, 0) is 43.2 Å². The van der Waals surface area contributed by atoms with Crippen LogP contribution in [0.25, 0.3) is 10.9 Å². The Bertz CT molecular complexity index is 653. The highest BCUT2D eigenvalue weighted by atomic mass is 35.5. The molecule has 0 bridgehead atoms. The molecule has 4 heteroatoms. The van der Waals surface area contributed by atoms with E-state index in [0.29, 0.717) is 16.6 Å². The van der Waals surface area contributed by atoms with Crippen molar-refractivity contribution in [3.8, 4) is 0 Å². The van der Waals surface area contributed by atoms with Crippen molar-refractivity contribution >= 4 is 28.4 Å². The Morgan fingerprint density at radius 2 is 1.91 bits per heavy atom. The van der Waals surface area contributed by atoms with Gasteiger partial charge < -0.3 is 4.90 Å². The highest BCUT2D eigenvalue weighted by molar-refractivity contribution is 6.29. The van der Waals surface area contributed by atoms with E-state index in [2.05, 4.69) is 18.8 Å². The summed E-state index contributed by atoms with van der Waals surface area (Å²) in [5.74, 6) is 0.649. The van der Waals surface area contributed by atoms with Gasteiger partial charge >= 0.3 is 0 Å². The molecule has 1 heterocycles. The molecule has 0 spiro atoms. The molecule has 2 rings (SSSR count). The Labute approximate surface area is 137 Å². The summed E-state index contributed by atoms with van der Waals surface area (Å²) in [5.41, 5.74) is 1.52. The van der Waals surface area contributed by atoms with Crippen molar-refractivity contribution in [3.05, 3.63) is 41.0 Å². The maximum absolute atomic E-state index is 12.7. The molecule has 0 fully saturated rings. The highest BCUT2D eigenvalue weighted by Crippen LogP contribution is 2.19. The normalized spacial score (nSPS) is 11.1. The molecule has 0 unspecified atom stereocenters. The Hall–Kier alpha value is -1.61. The monoisotopic (exact) mass is 318 g/mol. The molecule has 0 aliphatic carbocycles. The fraction of sp³-hybridized carbons (Fsp3) is 0.444. The van der Waals surface area contributed by atoms with Crippen molar-refractivity contribution in [2.75, 3.05) is 13.1 Å². The van der Waals surface area contributed by atoms with Crippen molar-refractivity contribution < 1.29 is 4.79 Å². The third-order valence-corrected chi connectivity index (χ3v) is 4.41. The summed E-state index contributed by atoms with van der Waals surface area (Å²) in [5, 5.41) is 1.41. The van der Waals surface area contributed by atoms with Crippen molar-refractivity contribution in [2.45, 2.75) is 33.6 Å². The first-order chi connectivity index (χ1) is 10.6. The first kappa shape index (κ1) is 16.8. The van der Waals surface area contributed by atoms with Gasteiger partial charge in [0.25, 0.3) is 5.91 Å². The Kier molecular flexibility index (Phi) is 5.78. The fourth-order valence-corrected chi connectivity index (χ4v) is 2.78. The maximum atomic E-state index is 12.7. The van der Waals surface area contributed by atoms with E-state index < -0.39 is 0 Å². The third-order valence-electron chi connectivity index (χ3n) is 4.20. The Morgan fingerprint density at radius 1 is 1.18 bits per heavy atom. The van der Waals surface area contributed by atoms with Crippen LogP contribution in [0.4, 0.5) is 0 Å². The first-order valence-corrected chi connectivity index (χ1v) is 8.32. The van der Waals surface area contributed by atoms with Crippen LogP contribution < -0.4 is 0 Å². The van der Waals surface area contributed by atoms with Gasteiger partial charge in [-0.25, -0.2) is 4.98 Å². The number of nitrogens with zero attached hydrogens (tertiary/aromatic N) is 2. The van der Waals surface area contributed by atoms with Crippen LogP contribution in [-0.4, -0.2) is 28.9 Å². The molecular weight excluding hydrogens is 296 g/mol. The minimum atomic E-state index is 0.0891. The van der Waals surface area contributed by atoms with Crippen LogP contribution in [0.2, 0.25) is 5.15 Å². The zero-order chi connectivity index (χ0) is 16.1. The minimum Gasteiger partial charge on any atom is -0.339 e. The average Bonchev–Trinajstić information content (AvgIpc) is 2.55. The van der Waals surface area contributed by atoms with Crippen molar-refractivity contribution in [1.29, 1.82) is 0 Å². The molecule has 1 amide bonds. The molecule has 118 valence electrons. The molecule has 0 atom stereocenters. The molecule has 1 aromatic heterocycles. The van der Waals surface area contributed by atoms with E-state index in [0.717, 1.165) is 36.8 Å². The standard InChI is InChI=1S/C18H23ClN2O/c1-4-13(5-2)12-21(6-3)18(22)15-7-9-16-14(11-15)8-10-17(19)20-16/h7-11,13H,4-6,12H2,1-3H3. The number of carbonyl (C=O) groups is 1. The van der Waals surface area contributed by atoms with Crippen LogP contribution >= 0.6 is 11.6 Å². The molecular formula is C18H23ClN2O. The van der Waals surface area contributed by atoms with E-state index in [-0.39, 0.29) is 5.91 Å². The van der Waals surface area contributed by atoms with Crippen molar-refractivity contribution in [2.24, 2.45) is 5.92 Å². The van der Waals surface area contributed by atoms with Gasteiger partial charge in [-0.3, -0.25) is 4.79 Å². The first-order valence-electron chi connectivity index (χ1n) is 7.94. The summed E-state index contributed by atoms with van der Waals surface area (Å²) < 4.78 is 0. The summed E-state index contributed by atoms with van der Waals surface area (Å²) in [4.78, 5) is 18.9. The van der Waals surface area contributed by atoms with E-state index in [1.807, 2.05) is 36.1 Å². The Morgan fingerprint density at radius 3 is 2.55 bits per heavy atom. The molecule has 0 saturated carbocycles. The highest BCUT2D eigenvalue weighted by Gasteiger charge is 2.17. The topological polar surface area (TPSA) is 33.2 Å². The molecule has 3 nitrogen and oxygen atoms in total. The minimum absolute atomic E-state index is 0.0891. The number of fused-ring (bicyclic) bond motifs is 1. The molecule has 2 aromatic rings. The van der Waals surface area contributed by atoms with Gasteiger partial charge in [0.15, 0.2) is 0 Å². The van der Waals surface area contributed by atoms with Crippen LogP contribution in [-0.2, 0) is 0 Å². The van der Waals surface area contributed by atoms with Gasteiger partial charge in [0.1, 0.15) is 5.15 Å². The molecule has 0 aliphatic heterocycles. The van der Waals surface area contributed by atoms with Gasteiger partial charge in [-0.15, -0.1) is 0 Å². The molecule has 0 aliphatic rings. The second-order valence-corrected chi connectivity index (χ2v) is 5.96. The summed E-state index contributed by atoms with van der Waals surface area (Å²) in [6, 6.07) is 9.25. The number of hydrogen-bond donors (Lipinski definition) is 0. The zero-order valence-corrected chi connectivity index (χ0v) is 14.2. The second-order valence-electron chi connectivity index (χ2n) is 5.57. The van der Waals surface area contributed by atoms with Crippen molar-refractivity contribution in [1.82, 2.24) is 9.88 Å². The summed E-state index contributed by atoms with van der Waals surface area (Å²) in [7, 11) is 0. The lowest BCUT2D eigenvalue weighted by Gasteiger charge is -2.25. The van der Waals surface area contributed by atoms with Gasteiger partial charge in [-0.2, -0.15) is 0 Å². The molecule has 1 aromatic carbocycles. The molecule has 0 saturated heterocycles. The predicted molar refractivity (Wildman–Crippen MR) is 92.4 cm³/mol. The number of rotatable bonds is 6. The number of amides is 1. The zero-order valence-electron chi connectivity index (χ0n) is 13.5. The lowest BCUT2D eigenvalue weighted by atomic mass is 10.0. The molecule has 0 radical (unpaired) electrons. The van der Waals surface area contributed by atoms with Crippen LogP contribution in [0, 0.1) is 5.92 Å². The van der Waals surface area contributed by atoms with Gasteiger partial charge in [0, 0.05) is 24.0 Å². The summed E-state index contributed by atoms with van der Waals surface area (Å²) in [6.07, 6.45) is 2.20. The SMILES string of the molecule is CCC(CC)CN(CC)C(=O)c1ccc2nc(Cl)ccc2c1. The van der Waals surface area contributed by atoms with Crippen molar-refractivity contribution in [3.63, 3.8) is 0 Å². The number of aromatic nitrogens is 1. The predicted octanol–water partition coefficient (Wildman–Crippen LogP) is 4.79. The van der Waals surface area contributed by atoms with Crippen LogP contribution in [0.15, 0.2) is 30.3 Å². The lowest BCUT2D eigenvalue weighted by Crippen LogP contribution is -2.35. The molecule has 22 heavy (non-hydrogen) atoms. The number of benzene rings is 1.